The van der Waals surface area contributed by atoms with Gasteiger partial charge in [0, 0.05) is 31.7 Å². The van der Waals surface area contributed by atoms with E-state index in [2.05, 4.69) is 16.4 Å². The van der Waals surface area contributed by atoms with E-state index < -0.39 is 0 Å². The molecule has 0 fully saturated rings. The van der Waals surface area contributed by atoms with Crippen LogP contribution in [0.5, 0.6) is 0 Å². The fourth-order valence-corrected chi connectivity index (χ4v) is 3.26. The second-order valence-corrected chi connectivity index (χ2v) is 7.38. The first-order chi connectivity index (χ1) is 15.0. The Morgan fingerprint density at radius 3 is 2.39 bits per heavy atom. The van der Waals surface area contributed by atoms with E-state index in [1.165, 1.54) is 7.11 Å². The number of carbonyl (C=O) groups is 2. The summed E-state index contributed by atoms with van der Waals surface area (Å²) in [6.07, 6.45) is 3.68. The number of hydrogen-bond donors (Lipinski definition) is 1. The van der Waals surface area contributed by atoms with Gasteiger partial charge in [0.2, 0.25) is 5.91 Å². The minimum absolute atomic E-state index is 0.00494. The van der Waals surface area contributed by atoms with E-state index in [1.807, 2.05) is 61.5 Å². The number of carbonyl (C=O) groups excluding carboxylic acids is 2. The lowest BCUT2D eigenvalue weighted by molar-refractivity contribution is -0.122. The van der Waals surface area contributed by atoms with Gasteiger partial charge in [0.05, 0.1) is 13.0 Å². The standard InChI is InChI=1S/C25H27N3O3/c1-19-4-3-5-22(14-19)17-28(25(30)18-31-2)23-8-6-20(7-9-23)15-24(29)27-16-21-10-12-26-13-11-21/h3-14H,15-18H2,1-2H3,(H,27,29). The number of rotatable bonds is 9. The number of ether oxygens (including phenoxy) is 1. The summed E-state index contributed by atoms with van der Waals surface area (Å²) in [6, 6.07) is 19.3. The summed E-state index contributed by atoms with van der Waals surface area (Å²) in [7, 11) is 1.51. The monoisotopic (exact) mass is 417 g/mol. The van der Waals surface area contributed by atoms with E-state index in [0.717, 1.165) is 27.9 Å². The number of aromatic nitrogens is 1. The van der Waals surface area contributed by atoms with Gasteiger partial charge in [-0.1, -0.05) is 42.0 Å². The number of benzene rings is 2. The normalized spacial score (nSPS) is 10.5. The molecule has 6 nitrogen and oxygen atoms in total. The minimum Gasteiger partial charge on any atom is -0.375 e. The van der Waals surface area contributed by atoms with Gasteiger partial charge >= 0.3 is 0 Å². The fraction of sp³-hybridized carbons (Fsp3) is 0.240. The van der Waals surface area contributed by atoms with Crippen LogP contribution in [0.1, 0.15) is 22.3 Å². The second-order valence-electron chi connectivity index (χ2n) is 7.38. The van der Waals surface area contributed by atoms with Crippen molar-refractivity contribution in [3.05, 3.63) is 95.3 Å². The van der Waals surface area contributed by atoms with Gasteiger partial charge in [-0.3, -0.25) is 14.6 Å². The van der Waals surface area contributed by atoms with Crippen LogP contribution >= 0.6 is 0 Å². The second kappa shape index (κ2) is 11.0. The fourth-order valence-electron chi connectivity index (χ4n) is 3.26. The molecule has 0 aliphatic heterocycles. The van der Waals surface area contributed by atoms with Crippen LogP contribution < -0.4 is 10.2 Å². The molecule has 2 amide bonds. The lowest BCUT2D eigenvalue weighted by Gasteiger charge is -2.23. The van der Waals surface area contributed by atoms with Gasteiger partial charge in [0.15, 0.2) is 0 Å². The van der Waals surface area contributed by atoms with Crippen LogP contribution in [0.4, 0.5) is 5.69 Å². The molecule has 6 heteroatoms. The van der Waals surface area contributed by atoms with Crippen LogP contribution in [-0.4, -0.2) is 30.5 Å². The Labute approximate surface area is 182 Å². The van der Waals surface area contributed by atoms with Crippen LogP contribution in [0.2, 0.25) is 0 Å². The molecule has 3 aromatic rings. The molecule has 0 radical (unpaired) electrons. The third-order valence-electron chi connectivity index (χ3n) is 4.84. The van der Waals surface area contributed by atoms with Crippen LogP contribution in [0.15, 0.2) is 73.1 Å². The molecule has 0 spiro atoms. The summed E-state index contributed by atoms with van der Waals surface area (Å²) < 4.78 is 5.06. The van der Waals surface area contributed by atoms with Gasteiger partial charge in [-0.15, -0.1) is 0 Å². The lowest BCUT2D eigenvalue weighted by atomic mass is 10.1. The highest BCUT2D eigenvalue weighted by molar-refractivity contribution is 5.94. The maximum absolute atomic E-state index is 12.6. The Bertz CT molecular complexity index is 1000. The van der Waals surface area contributed by atoms with Crippen molar-refractivity contribution in [2.45, 2.75) is 26.4 Å². The van der Waals surface area contributed by atoms with Gasteiger partial charge in [0.25, 0.3) is 5.91 Å². The van der Waals surface area contributed by atoms with Crippen LogP contribution in [0, 0.1) is 6.92 Å². The predicted molar refractivity (Wildman–Crippen MR) is 120 cm³/mol. The maximum Gasteiger partial charge on any atom is 0.253 e. The van der Waals surface area contributed by atoms with Crippen molar-refractivity contribution in [2.75, 3.05) is 18.6 Å². The summed E-state index contributed by atoms with van der Waals surface area (Å²) in [5.74, 6) is -0.177. The zero-order chi connectivity index (χ0) is 22.1. The Morgan fingerprint density at radius 1 is 0.968 bits per heavy atom. The van der Waals surface area contributed by atoms with Crippen molar-refractivity contribution >= 4 is 17.5 Å². The number of nitrogens with zero attached hydrogens (tertiary/aromatic N) is 2. The molecule has 0 aliphatic carbocycles. The van der Waals surface area contributed by atoms with E-state index in [9.17, 15) is 9.59 Å². The molecule has 1 aromatic heterocycles. The highest BCUT2D eigenvalue weighted by Crippen LogP contribution is 2.20. The molecule has 2 aromatic carbocycles. The van der Waals surface area contributed by atoms with E-state index in [1.54, 1.807) is 17.3 Å². The largest absolute Gasteiger partial charge is 0.375 e. The van der Waals surface area contributed by atoms with Gasteiger partial charge in [-0.2, -0.15) is 0 Å². The molecule has 160 valence electrons. The predicted octanol–water partition coefficient (Wildman–Crippen LogP) is 3.43. The third kappa shape index (κ3) is 6.76. The molecule has 3 rings (SSSR count). The molecule has 0 saturated carbocycles. The quantitative estimate of drug-likeness (QED) is 0.579. The first-order valence-corrected chi connectivity index (χ1v) is 10.1. The Hall–Kier alpha value is -3.51. The summed E-state index contributed by atoms with van der Waals surface area (Å²) in [5.41, 5.74) is 4.84. The van der Waals surface area contributed by atoms with Gasteiger partial charge in [-0.25, -0.2) is 0 Å². The van der Waals surface area contributed by atoms with Crippen molar-refractivity contribution in [2.24, 2.45) is 0 Å². The van der Waals surface area contributed by atoms with Gasteiger partial charge < -0.3 is 15.0 Å². The minimum atomic E-state index is -0.119. The number of methoxy groups -OCH3 is 1. The summed E-state index contributed by atoms with van der Waals surface area (Å²) >= 11 is 0. The third-order valence-corrected chi connectivity index (χ3v) is 4.84. The molecule has 0 aliphatic rings. The molecular formula is C25H27N3O3. The number of hydrogen-bond acceptors (Lipinski definition) is 4. The summed E-state index contributed by atoms with van der Waals surface area (Å²) in [6.45, 7) is 2.95. The van der Waals surface area contributed by atoms with Crippen LogP contribution in [0.3, 0.4) is 0 Å². The van der Waals surface area contributed by atoms with E-state index in [0.29, 0.717) is 13.1 Å². The maximum atomic E-state index is 12.6. The molecule has 0 saturated heterocycles. The van der Waals surface area contributed by atoms with E-state index in [-0.39, 0.29) is 24.8 Å². The average molecular weight is 418 g/mol. The molecule has 1 N–H and O–H groups in total. The van der Waals surface area contributed by atoms with Crippen LogP contribution in [0.25, 0.3) is 0 Å². The SMILES string of the molecule is COCC(=O)N(Cc1cccc(C)c1)c1ccc(CC(=O)NCc2ccncc2)cc1. The Kier molecular flexibility index (Phi) is 7.90. The van der Waals surface area contributed by atoms with Crippen molar-refractivity contribution in [3.8, 4) is 0 Å². The van der Waals surface area contributed by atoms with Crippen molar-refractivity contribution in [1.82, 2.24) is 10.3 Å². The van der Waals surface area contributed by atoms with Gasteiger partial charge in [0.1, 0.15) is 6.61 Å². The Morgan fingerprint density at radius 2 is 1.71 bits per heavy atom. The average Bonchev–Trinajstić information content (AvgIpc) is 2.78. The van der Waals surface area contributed by atoms with E-state index in [4.69, 9.17) is 4.74 Å². The summed E-state index contributed by atoms with van der Waals surface area (Å²) in [4.78, 5) is 30.6. The Balaban J connectivity index is 1.65. The van der Waals surface area contributed by atoms with Gasteiger partial charge in [-0.05, 0) is 47.9 Å². The molecule has 0 atom stereocenters. The number of amides is 2. The van der Waals surface area contributed by atoms with Crippen molar-refractivity contribution in [1.29, 1.82) is 0 Å². The molecule has 1 heterocycles. The number of pyridine rings is 1. The van der Waals surface area contributed by atoms with E-state index >= 15 is 0 Å². The topological polar surface area (TPSA) is 71.5 Å². The summed E-state index contributed by atoms with van der Waals surface area (Å²) in [5, 5.41) is 2.91. The number of nitrogens with one attached hydrogen (secondary N) is 1. The van der Waals surface area contributed by atoms with Crippen LogP contribution in [-0.2, 0) is 33.8 Å². The highest BCUT2D eigenvalue weighted by Gasteiger charge is 2.16. The first-order valence-electron chi connectivity index (χ1n) is 10.1. The highest BCUT2D eigenvalue weighted by atomic mass is 16.5. The smallest absolute Gasteiger partial charge is 0.253 e. The number of anilines is 1. The molecule has 0 unspecified atom stereocenters. The van der Waals surface area contributed by atoms with Crippen molar-refractivity contribution in [3.63, 3.8) is 0 Å². The zero-order valence-electron chi connectivity index (χ0n) is 17.9. The van der Waals surface area contributed by atoms with Crippen molar-refractivity contribution < 1.29 is 14.3 Å². The zero-order valence-corrected chi connectivity index (χ0v) is 17.9. The first kappa shape index (κ1) is 22.2. The molecule has 31 heavy (non-hydrogen) atoms. The molecule has 0 bridgehead atoms. The molecular weight excluding hydrogens is 390 g/mol. The lowest BCUT2D eigenvalue weighted by Crippen LogP contribution is -2.33. The number of aryl methyl sites for hydroxylation is 1.